The zero-order valence-electron chi connectivity index (χ0n) is 25.0. The van der Waals surface area contributed by atoms with E-state index < -0.39 is 54.7 Å². The van der Waals surface area contributed by atoms with Crippen LogP contribution < -0.4 is 0 Å². The fraction of sp³-hybridized carbons (Fsp3) is 0.700. The Hall–Kier alpha value is -0.860. The number of fused-ring (bicyclic) bond motifs is 1. The molecule has 2 heteroatoms. The van der Waals surface area contributed by atoms with Crippen LogP contribution in [0, 0.1) is 0 Å². The molecular weight excluding hydrogens is 271 g/mol. The first kappa shape index (κ1) is 7.36. The largest absolute Gasteiger partial charge is 0.135 e. The molecule has 0 fully saturated rings. The van der Waals surface area contributed by atoms with Gasteiger partial charge in [-0.25, -0.2) is 0 Å². The number of benzene rings is 1. The van der Waals surface area contributed by atoms with Crippen LogP contribution in [0.3, 0.4) is 0 Å². The molecule has 0 amide bonds. The monoisotopic (exact) mass is 315 g/mol. The van der Waals surface area contributed by atoms with Gasteiger partial charge in [0.2, 0.25) is 0 Å². The molecule has 2 rings (SSSR count). The maximum absolute atomic E-state index is 13.7. The van der Waals surface area contributed by atoms with Gasteiger partial charge in [-0.1, -0.05) is 57.2 Å². The quantitative estimate of drug-likeness (QED) is 0.466. The molecule has 1 aromatic rings. The van der Waals surface area contributed by atoms with Crippen LogP contribution in [-0.4, -0.2) is 5.06 Å². The van der Waals surface area contributed by atoms with Crippen molar-refractivity contribution in [1.29, 1.82) is 0 Å². The van der Waals surface area contributed by atoms with Gasteiger partial charge < -0.3 is 0 Å². The molecule has 1 aromatic carbocycles. The minimum absolute atomic E-state index is 0.449. The lowest BCUT2D eigenvalue weighted by Gasteiger charge is -2.32. The second-order valence-electron chi connectivity index (χ2n) is 6.11. The van der Waals surface area contributed by atoms with Crippen LogP contribution in [0.15, 0.2) is 18.2 Å². The first-order valence-electron chi connectivity index (χ1n) is 13.9. The molecule has 22 heavy (non-hydrogen) atoms. The molecule has 0 unspecified atom stereocenters. The Morgan fingerprint density at radius 1 is 0.955 bits per heavy atom. The zero-order valence-corrected chi connectivity index (χ0v) is 13.0. The van der Waals surface area contributed by atoms with E-state index in [1.165, 1.54) is 12.1 Å². The summed E-state index contributed by atoms with van der Waals surface area (Å²) in [6.45, 7) is -12.1. The van der Waals surface area contributed by atoms with E-state index in [1.54, 1.807) is 0 Å². The van der Waals surface area contributed by atoms with E-state index in [1.807, 2.05) is 0 Å². The van der Waals surface area contributed by atoms with Crippen molar-refractivity contribution in [2.45, 2.75) is 90.4 Å². The molecule has 0 aromatic heterocycles. The van der Waals surface area contributed by atoms with Gasteiger partial charge in [-0.15, -0.1) is 10.3 Å². The van der Waals surface area contributed by atoms with Crippen LogP contribution >= 0.6 is 0 Å². The molecule has 2 nitrogen and oxygen atoms in total. The van der Waals surface area contributed by atoms with Crippen molar-refractivity contribution >= 4 is 0 Å². The predicted molar refractivity (Wildman–Crippen MR) is 92.1 cm³/mol. The van der Waals surface area contributed by atoms with Gasteiger partial charge in [0.25, 0.3) is 0 Å². The molecule has 0 saturated carbocycles. The van der Waals surface area contributed by atoms with Gasteiger partial charge in [-0.3, -0.25) is 0 Å². The van der Waals surface area contributed by atoms with E-state index in [2.05, 4.69) is 6.92 Å². The van der Waals surface area contributed by atoms with Crippen LogP contribution in [0.2, 0.25) is 0 Å². The summed E-state index contributed by atoms with van der Waals surface area (Å²) in [5.41, 5.74) is -7.35. The molecule has 0 aliphatic carbocycles. The van der Waals surface area contributed by atoms with Gasteiger partial charge in [0.05, 0.1) is 11.1 Å². The third-order valence-corrected chi connectivity index (χ3v) is 4.29. The van der Waals surface area contributed by atoms with Crippen molar-refractivity contribution in [1.82, 2.24) is 5.06 Å². The van der Waals surface area contributed by atoms with E-state index >= 15 is 0 Å². The fourth-order valence-electron chi connectivity index (χ4n) is 2.94. The van der Waals surface area contributed by atoms with Crippen LogP contribution in [0.5, 0.6) is 0 Å². The molecule has 123 valence electrons. The zero-order chi connectivity index (χ0) is 26.4. The van der Waals surface area contributed by atoms with Gasteiger partial charge in [0.1, 0.15) is 0 Å². The van der Waals surface area contributed by atoms with E-state index in [0.29, 0.717) is 12.0 Å². The molecule has 1 aliphatic heterocycles. The van der Waals surface area contributed by atoms with Crippen molar-refractivity contribution in [2.75, 3.05) is 0 Å². The number of hydrogen-bond acceptors (Lipinski definition) is 1. The molecule has 0 N–H and O–H groups in total. The number of unbranched alkanes of at least 4 members (excludes halogenated alkanes) is 5. The summed E-state index contributed by atoms with van der Waals surface area (Å²) in [4.78, 5) is 0. The smallest absolute Gasteiger partial charge is 0.0699 e. The molecule has 0 bridgehead atoms. The Balaban J connectivity index is 2.76. The van der Waals surface area contributed by atoms with Crippen LogP contribution in [0.1, 0.15) is 106 Å². The highest BCUT2D eigenvalue weighted by atomic mass is 16.8. The van der Waals surface area contributed by atoms with Crippen LogP contribution in [0.25, 0.3) is 0 Å². The minimum Gasteiger partial charge on any atom is -0.135 e. The molecule has 1 heterocycles. The normalized spacial score (nSPS) is 29.7. The summed E-state index contributed by atoms with van der Waals surface area (Å²) in [5, 5.41) is 13.1. The fourth-order valence-corrected chi connectivity index (χ4v) is 2.94. The molecule has 0 atom stereocenters. The number of nitrogens with zero attached hydrogens (tertiary/aromatic N) is 1. The van der Waals surface area contributed by atoms with Gasteiger partial charge in [-0.05, 0) is 56.9 Å². The second kappa shape index (κ2) is 6.72. The summed E-state index contributed by atoms with van der Waals surface area (Å²) in [7, 11) is 0. The average Bonchev–Trinajstić information content (AvgIpc) is 2.89. The first-order valence-corrected chi connectivity index (χ1v) is 7.93. The topological polar surface area (TPSA) is 23.1 Å². The Morgan fingerprint density at radius 3 is 2.27 bits per heavy atom. The van der Waals surface area contributed by atoms with E-state index in [0.717, 1.165) is 44.6 Å². The van der Waals surface area contributed by atoms with E-state index in [4.69, 9.17) is 16.4 Å². The summed E-state index contributed by atoms with van der Waals surface area (Å²) in [6.07, 6.45) is 6.35. The second-order valence-corrected chi connectivity index (χ2v) is 6.11. The highest BCUT2D eigenvalue weighted by molar-refractivity contribution is 5.44. The van der Waals surface area contributed by atoms with E-state index in [-0.39, 0.29) is 0 Å². The number of hydroxylamine groups is 2. The van der Waals surface area contributed by atoms with Crippen molar-refractivity contribution in [3.8, 4) is 0 Å². The van der Waals surface area contributed by atoms with Gasteiger partial charge in [-0.2, -0.15) is 0 Å². The molecule has 0 spiro atoms. The van der Waals surface area contributed by atoms with Gasteiger partial charge in [0, 0.05) is 16.4 Å². The lowest BCUT2D eigenvalue weighted by molar-refractivity contribution is -0.266. The molecular formula is C20H32NO. The highest BCUT2D eigenvalue weighted by Gasteiger charge is 2.49. The van der Waals surface area contributed by atoms with Gasteiger partial charge >= 0.3 is 0 Å². The predicted octanol–water partition coefficient (Wildman–Crippen LogP) is 5.72. The van der Waals surface area contributed by atoms with Crippen molar-refractivity contribution in [3.05, 3.63) is 34.9 Å². The van der Waals surface area contributed by atoms with Gasteiger partial charge in [0.15, 0.2) is 0 Å². The van der Waals surface area contributed by atoms with Crippen LogP contribution in [-0.2, 0) is 22.7 Å². The van der Waals surface area contributed by atoms with Crippen molar-refractivity contribution in [2.24, 2.45) is 0 Å². The number of hydrogen-bond donors (Lipinski definition) is 0. The van der Waals surface area contributed by atoms with E-state index in [9.17, 15) is 5.21 Å². The Bertz CT molecular complexity index is 825. The Kier molecular flexibility index (Phi) is 2.25. The lowest BCUT2D eigenvalue weighted by Crippen LogP contribution is -2.41. The SMILES string of the molecule is [2H]C([2H])([2H])C1(C([2H])([2H])[2H])c2ccc(CCCCCCCC)cc2C(C([2H])([2H])[2H])(C([2H])([2H])[2H])[15N]1[O]. The lowest BCUT2D eigenvalue weighted by atomic mass is 9.88. The first-order chi connectivity index (χ1) is 15.3. The maximum Gasteiger partial charge on any atom is 0.0699 e. The van der Waals surface area contributed by atoms with Crippen LogP contribution in [0.4, 0.5) is 0 Å². The maximum atomic E-state index is 13.7. The third-order valence-electron chi connectivity index (χ3n) is 4.29. The summed E-state index contributed by atoms with van der Waals surface area (Å²) in [6, 6.07) is 3.79. The highest BCUT2D eigenvalue weighted by Crippen LogP contribution is 2.48. The average molecular weight is 316 g/mol. The Labute approximate surface area is 153 Å². The Morgan fingerprint density at radius 2 is 1.59 bits per heavy atom. The van der Waals surface area contributed by atoms with Crippen molar-refractivity contribution in [3.63, 3.8) is 0 Å². The molecule has 1 radical (unpaired) electrons. The summed E-state index contributed by atoms with van der Waals surface area (Å²) in [5.74, 6) is 0. The number of aryl methyl sites for hydroxylation is 1. The minimum atomic E-state index is -3.55. The third kappa shape index (κ3) is 3.23. The summed E-state index contributed by atoms with van der Waals surface area (Å²) >= 11 is 0. The summed E-state index contributed by atoms with van der Waals surface area (Å²) < 4.78 is 96.2. The van der Waals surface area contributed by atoms with Crippen molar-refractivity contribution < 1.29 is 21.7 Å². The molecule has 0 saturated heterocycles. The number of rotatable bonds is 7. The standard InChI is InChI=1S/C20H32NO/c1-6-7-8-9-10-11-12-16-13-14-17-18(15-16)20(4,5)21(22)19(17,2)3/h13-15H,6-12H2,1-5H3/i2D3,3D3,4D3,5D3,21+1. The molecule has 1 aliphatic rings.